The van der Waals surface area contributed by atoms with Gasteiger partial charge in [-0.3, -0.25) is 4.21 Å². The highest BCUT2D eigenvalue weighted by Gasteiger charge is 2.04. The van der Waals surface area contributed by atoms with Gasteiger partial charge in [-0.05, 0) is 28.2 Å². The Balaban J connectivity index is 2.89. The van der Waals surface area contributed by atoms with Crippen LogP contribution in [-0.4, -0.2) is 21.7 Å². The number of nitrogens with one attached hydrogen (secondary N) is 1. The van der Waals surface area contributed by atoms with Gasteiger partial charge < -0.3 is 4.72 Å². The van der Waals surface area contributed by atoms with E-state index in [-0.39, 0.29) is 0 Å². The van der Waals surface area contributed by atoms with Crippen LogP contribution in [-0.2, 0) is 10.1 Å². The minimum Gasteiger partial charge on any atom is -0.312 e. The van der Waals surface area contributed by atoms with E-state index in [1.54, 1.807) is 12.5 Å². The zero-order valence-electron chi connectivity index (χ0n) is 9.11. The molecule has 0 spiro atoms. The maximum absolute atomic E-state index is 11.5. The van der Waals surface area contributed by atoms with Gasteiger partial charge in [-0.25, -0.2) is 4.98 Å². The Hall–Kier alpha value is -0.900. The lowest BCUT2D eigenvalue weighted by Crippen LogP contribution is -2.18. The summed E-state index contributed by atoms with van der Waals surface area (Å²) in [5.74, 6) is 1.09. The molecule has 0 atom stereocenters. The lowest BCUT2D eigenvalue weighted by molar-refractivity contribution is 0.682. The van der Waals surface area contributed by atoms with E-state index in [1.807, 2.05) is 18.2 Å². The number of hydrogen-bond acceptors (Lipinski definition) is 2. The van der Waals surface area contributed by atoms with Crippen molar-refractivity contribution in [3.8, 4) is 0 Å². The van der Waals surface area contributed by atoms with Gasteiger partial charge in [-0.1, -0.05) is 19.9 Å². The Labute approximate surface area is 86.5 Å². The van der Waals surface area contributed by atoms with Gasteiger partial charge in [0, 0.05) is 18.2 Å². The monoisotopic (exact) mass is 214 g/mol. The van der Waals surface area contributed by atoms with Crippen LogP contribution >= 0.6 is 0 Å². The predicted octanol–water partition coefficient (Wildman–Crippen LogP) is 1.81. The maximum Gasteiger partial charge on any atom is 0.136 e. The number of thiol groups is 1. The fourth-order valence-electron chi connectivity index (χ4n) is 1.11. The van der Waals surface area contributed by atoms with Gasteiger partial charge in [0.2, 0.25) is 0 Å². The third-order valence-corrected chi connectivity index (χ3v) is 2.51. The summed E-state index contributed by atoms with van der Waals surface area (Å²) >= 11 is 0. The molecule has 0 aromatic carbocycles. The fraction of sp³-hybridized carbons (Fsp3) is 0.500. The second-order valence-corrected chi connectivity index (χ2v) is 6.99. The summed E-state index contributed by atoms with van der Waals surface area (Å²) in [5.41, 5.74) is 1.02. The smallest absolute Gasteiger partial charge is 0.136 e. The van der Waals surface area contributed by atoms with Crippen LogP contribution in [0.5, 0.6) is 0 Å². The molecule has 0 aliphatic heterocycles. The lowest BCUT2D eigenvalue weighted by atomic mass is 10.1. The number of rotatable bonds is 3. The van der Waals surface area contributed by atoms with E-state index in [0.717, 1.165) is 5.69 Å². The average Bonchev–Trinajstić information content (AvgIpc) is 2.01. The van der Waals surface area contributed by atoms with Crippen molar-refractivity contribution in [3.05, 3.63) is 23.9 Å². The van der Waals surface area contributed by atoms with Gasteiger partial charge in [0.15, 0.2) is 0 Å². The van der Waals surface area contributed by atoms with Crippen LogP contribution < -0.4 is 4.72 Å². The molecule has 1 heterocycles. The summed E-state index contributed by atoms with van der Waals surface area (Å²) in [4.78, 5) is 4.37. The van der Waals surface area contributed by atoms with E-state index in [2.05, 4.69) is 23.6 Å². The third kappa shape index (κ3) is 3.46. The summed E-state index contributed by atoms with van der Waals surface area (Å²) in [6.07, 6.45) is 3.38. The molecular formula is C10H18N2OS. The van der Waals surface area contributed by atoms with E-state index < -0.39 is 10.1 Å². The molecule has 0 aliphatic rings. The number of pyridine rings is 1. The molecule has 0 radical (unpaired) electrons. The SMILES string of the molecule is CC(C)c1cccc(N[SH](C)(C)=O)n1. The molecule has 1 aromatic rings. The minimum atomic E-state index is -2.25. The van der Waals surface area contributed by atoms with Crippen molar-refractivity contribution >= 4 is 15.9 Å². The van der Waals surface area contributed by atoms with E-state index >= 15 is 0 Å². The molecule has 0 saturated heterocycles. The van der Waals surface area contributed by atoms with Crippen molar-refractivity contribution in [2.75, 3.05) is 17.2 Å². The Morgan fingerprint density at radius 2 is 2.00 bits per heavy atom. The average molecular weight is 214 g/mol. The molecule has 1 N–H and O–H groups in total. The number of aromatic nitrogens is 1. The normalized spacial score (nSPS) is 12.9. The van der Waals surface area contributed by atoms with E-state index in [0.29, 0.717) is 11.7 Å². The summed E-state index contributed by atoms with van der Waals surface area (Å²) in [6.45, 7) is 4.17. The third-order valence-electron chi connectivity index (χ3n) is 1.75. The minimum absolute atomic E-state index is 0.393. The highest BCUT2D eigenvalue weighted by Crippen LogP contribution is 2.14. The molecule has 1 aromatic heterocycles. The predicted molar refractivity (Wildman–Crippen MR) is 63.3 cm³/mol. The van der Waals surface area contributed by atoms with Crippen molar-refractivity contribution < 1.29 is 4.21 Å². The van der Waals surface area contributed by atoms with Crippen LogP contribution in [0.15, 0.2) is 18.2 Å². The van der Waals surface area contributed by atoms with Gasteiger partial charge >= 0.3 is 0 Å². The first-order valence-electron chi connectivity index (χ1n) is 4.69. The largest absolute Gasteiger partial charge is 0.312 e. The van der Waals surface area contributed by atoms with E-state index in [1.165, 1.54) is 0 Å². The Morgan fingerprint density at radius 3 is 2.50 bits per heavy atom. The van der Waals surface area contributed by atoms with Crippen molar-refractivity contribution in [1.82, 2.24) is 4.98 Å². The second kappa shape index (κ2) is 4.09. The zero-order valence-corrected chi connectivity index (χ0v) is 10.0. The van der Waals surface area contributed by atoms with Crippen LogP contribution in [0.4, 0.5) is 5.82 Å². The molecule has 1 rings (SSSR count). The molecule has 80 valence electrons. The van der Waals surface area contributed by atoms with Crippen LogP contribution in [0, 0.1) is 0 Å². The van der Waals surface area contributed by atoms with Gasteiger partial charge in [0.1, 0.15) is 5.82 Å². The van der Waals surface area contributed by atoms with Gasteiger partial charge in [0.05, 0.1) is 0 Å². The number of hydrogen-bond donors (Lipinski definition) is 2. The molecule has 14 heavy (non-hydrogen) atoms. The Kier molecular flexibility index (Phi) is 3.26. The number of nitrogens with zero attached hydrogens (tertiary/aromatic N) is 1. The molecule has 0 fully saturated rings. The molecular weight excluding hydrogens is 196 g/mol. The zero-order chi connectivity index (χ0) is 10.8. The molecule has 0 unspecified atom stereocenters. The lowest BCUT2D eigenvalue weighted by Gasteiger charge is -2.16. The van der Waals surface area contributed by atoms with Crippen molar-refractivity contribution in [2.24, 2.45) is 0 Å². The molecule has 0 bridgehead atoms. The molecule has 4 heteroatoms. The van der Waals surface area contributed by atoms with Crippen LogP contribution in [0.3, 0.4) is 0 Å². The molecule has 3 nitrogen and oxygen atoms in total. The number of anilines is 1. The maximum atomic E-state index is 11.5. The molecule has 0 saturated carbocycles. The Bertz CT molecular complexity index is 357. The standard InChI is InChI=1S/C10H18N2OS/c1-8(2)9-6-5-7-10(11-9)12-14(3,4)13/h5-8,14H,1-4H3,(H,11,12,13). The van der Waals surface area contributed by atoms with Crippen molar-refractivity contribution in [2.45, 2.75) is 19.8 Å². The molecule has 0 aliphatic carbocycles. The second-order valence-electron chi connectivity index (χ2n) is 4.07. The fourth-order valence-corrected chi connectivity index (χ4v) is 1.79. The highest BCUT2D eigenvalue weighted by atomic mass is 32.3. The summed E-state index contributed by atoms with van der Waals surface area (Å²) in [5, 5.41) is 0. The van der Waals surface area contributed by atoms with E-state index in [4.69, 9.17) is 0 Å². The first kappa shape index (κ1) is 11.2. The summed E-state index contributed by atoms with van der Waals surface area (Å²) in [6, 6.07) is 5.75. The quantitative estimate of drug-likeness (QED) is 0.754. The van der Waals surface area contributed by atoms with E-state index in [9.17, 15) is 4.21 Å². The summed E-state index contributed by atoms with van der Waals surface area (Å²) < 4.78 is 14.4. The topological polar surface area (TPSA) is 42.0 Å². The van der Waals surface area contributed by atoms with Crippen LogP contribution in [0.1, 0.15) is 25.5 Å². The van der Waals surface area contributed by atoms with Crippen LogP contribution in [0.2, 0.25) is 0 Å². The van der Waals surface area contributed by atoms with Gasteiger partial charge in [-0.15, -0.1) is 0 Å². The van der Waals surface area contributed by atoms with Crippen LogP contribution in [0.25, 0.3) is 0 Å². The van der Waals surface area contributed by atoms with Gasteiger partial charge in [0.25, 0.3) is 0 Å². The summed E-state index contributed by atoms with van der Waals surface area (Å²) in [7, 11) is -2.25. The highest BCUT2D eigenvalue weighted by molar-refractivity contribution is 8.02. The van der Waals surface area contributed by atoms with Gasteiger partial charge in [-0.2, -0.15) is 0 Å². The first-order chi connectivity index (χ1) is 6.38. The molecule has 0 amide bonds. The Morgan fingerprint density at radius 1 is 1.36 bits per heavy atom. The first-order valence-corrected chi connectivity index (χ1v) is 7.29. The van der Waals surface area contributed by atoms with Crippen molar-refractivity contribution in [1.29, 1.82) is 0 Å². The van der Waals surface area contributed by atoms with Crippen molar-refractivity contribution in [3.63, 3.8) is 0 Å².